The lowest BCUT2D eigenvalue weighted by molar-refractivity contribution is 0.190. The zero-order chi connectivity index (χ0) is 18.8. The molecule has 0 aliphatic heterocycles. The molecule has 0 amide bonds. The number of aromatic nitrogens is 3. The Balaban J connectivity index is 1.61. The summed E-state index contributed by atoms with van der Waals surface area (Å²) in [5, 5.41) is 17.0. The number of anilines is 3. The maximum absolute atomic E-state index is 9.62. The van der Waals surface area contributed by atoms with Crippen LogP contribution in [-0.4, -0.2) is 39.8 Å². The molecular weight excluding hydrogens is 362 g/mol. The molecule has 8 heteroatoms. The highest BCUT2D eigenvalue weighted by atomic mass is 32.1. The van der Waals surface area contributed by atoms with Crippen molar-refractivity contribution < 1.29 is 9.84 Å². The molecule has 1 aromatic carbocycles. The molecule has 7 nitrogen and oxygen atoms in total. The number of hydrogen-bond donors (Lipinski definition) is 3. The van der Waals surface area contributed by atoms with Crippen LogP contribution in [0.4, 0.5) is 16.8 Å². The third-order valence-corrected chi connectivity index (χ3v) is 5.33. The fourth-order valence-corrected chi connectivity index (χ4v) is 4.23. The fourth-order valence-electron chi connectivity index (χ4n) is 3.08. The Morgan fingerprint density at radius 3 is 3.00 bits per heavy atom. The van der Waals surface area contributed by atoms with Gasteiger partial charge >= 0.3 is 0 Å². The zero-order valence-corrected chi connectivity index (χ0v) is 16.0. The van der Waals surface area contributed by atoms with Gasteiger partial charge in [0.25, 0.3) is 0 Å². The molecule has 1 unspecified atom stereocenters. The maximum Gasteiger partial charge on any atom is 0.227 e. The van der Waals surface area contributed by atoms with E-state index in [1.54, 1.807) is 36.6 Å². The molecule has 140 valence electrons. The molecule has 1 aliphatic carbocycles. The fraction of sp³-hybridized carbons (Fsp3) is 0.316. The topological polar surface area (TPSA) is 92.2 Å². The first-order valence-electron chi connectivity index (χ1n) is 8.80. The Morgan fingerprint density at radius 1 is 1.30 bits per heavy atom. The van der Waals surface area contributed by atoms with E-state index in [1.165, 1.54) is 0 Å². The van der Waals surface area contributed by atoms with E-state index < -0.39 is 0 Å². The van der Waals surface area contributed by atoms with Gasteiger partial charge in [-0.1, -0.05) is 17.4 Å². The van der Waals surface area contributed by atoms with Crippen LogP contribution in [0.25, 0.3) is 10.6 Å². The minimum Gasteiger partial charge on any atom is -0.508 e. The largest absolute Gasteiger partial charge is 0.508 e. The summed E-state index contributed by atoms with van der Waals surface area (Å²) in [5.74, 6) is 0.700. The predicted molar refractivity (Wildman–Crippen MR) is 107 cm³/mol. The minimum absolute atomic E-state index is 0.190. The van der Waals surface area contributed by atoms with E-state index in [9.17, 15) is 5.11 Å². The van der Waals surface area contributed by atoms with E-state index in [2.05, 4.69) is 22.5 Å². The van der Waals surface area contributed by atoms with Crippen molar-refractivity contribution >= 4 is 28.1 Å². The van der Waals surface area contributed by atoms with Crippen LogP contribution in [0.1, 0.15) is 18.2 Å². The first-order chi connectivity index (χ1) is 13.1. The monoisotopic (exact) mass is 383 g/mol. The first-order valence-corrected chi connectivity index (χ1v) is 9.61. The highest BCUT2D eigenvalue weighted by molar-refractivity contribution is 7.19. The van der Waals surface area contributed by atoms with Gasteiger partial charge in [0.15, 0.2) is 5.13 Å². The van der Waals surface area contributed by atoms with Crippen LogP contribution in [0.3, 0.4) is 0 Å². The molecular formula is C19H21N5O2S. The average molecular weight is 383 g/mol. The summed E-state index contributed by atoms with van der Waals surface area (Å²) in [6, 6.07) is 7.09. The number of phenols is 1. The van der Waals surface area contributed by atoms with Gasteiger partial charge < -0.3 is 20.5 Å². The van der Waals surface area contributed by atoms with Gasteiger partial charge in [0.1, 0.15) is 5.75 Å². The van der Waals surface area contributed by atoms with Gasteiger partial charge in [0.05, 0.1) is 22.9 Å². The van der Waals surface area contributed by atoms with Crippen molar-refractivity contribution in [2.75, 3.05) is 24.4 Å². The van der Waals surface area contributed by atoms with E-state index in [0.717, 1.165) is 45.5 Å². The third kappa shape index (κ3) is 3.86. The van der Waals surface area contributed by atoms with Crippen molar-refractivity contribution in [1.82, 2.24) is 15.0 Å². The highest BCUT2D eigenvalue weighted by Crippen LogP contribution is 2.39. The van der Waals surface area contributed by atoms with E-state index >= 15 is 0 Å². The van der Waals surface area contributed by atoms with E-state index in [1.807, 2.05) is 12.3 Å². The number of rotatable bonds is 6. The average Bonchev–Trinajstić information content (AvgIpc) is 3.05. The molecule has 0 saturated heterocycles. The van der Waals surface area contributed by atoms with Crippen LogP contribution in [0.2, 0.25) is 0 Å². The second-order valence-corrected chi connectivity index (χ2v) is 7.54. The summed E-state index contributed by atoms with van der Waals surface area (Å²) in [7, 11) is 1.69. The molecule has 2 heterocycles. The molecule has 0 bridgehead atoms. The smallest absolute Gasteiger partial charge is 0.227 e. The number of aryl methyl sites for hydroxylation is 2. The lowest BCUT2D eigenvalue weighted by atomic mass is 10.00. The van der Waals surface area contributed by atoms with E-state index in [-0.39, 0.29) is 11.8 Å². The summed E-state index contributed by atoms with van der Waals surface area (Å²) in [6.07, 6.45) is 3.64. The van der Waals surface area contributed by atoms with Gasteiger partial charge in [-0.2, -0.15) is 0 Å². The van der Waals surface area contributed by atoms with Gasteiger partial charge in [0.2, 0.25) is 5.95 Å². The molecule has 0 radical (unpaired) electrons. The number of phenolic OH excluding ortho intramolecular Hbond substituents is 1. The van der Waals surface area contributed by atoms with E-state index in [0.29, 0.717) is 12.6 Å². The second-order valence-electron chi connectivity index (χ2n) is 6.54. The molecule has 27 heavy (non-hydrogen) atoms. The number of fused-ring (bicyclic) bond motifs is 3. The van der Waals surface area contributed by atoms with Gasteiger partial charge in [-0.3, -0.25) is 0 Å². The lowest BCUT2D eigenvalue weighted by Gasteiger charge is -2.15. The van der Waals surface area contributed by atoms with Crippen LogP contribution in [0, 0.1) is 0 Å². The van der Waals surface area contributed by atoms with Crippen molar-refractivity contribution in [2.45, 2.75) is 25.8 Å². The Labute approximate surface area is 161 Å². The quantitative estimate of drug-likeness (QED) is 0.599. The molecule has 0 spiro atoms. The molecule has 2 aromatic heterocycles. The Hall–Kier alpha value is -2.71. The number of hydrogen-bond acceptors (Lipinski definition) is 8. The first kappa shape index (κ1) is 17.7. The molecule has 4 rings (SSSR count). The predicted octanol–water partition coefficient (Wildman–Crippen LogP) is 3.59. The standard InChI is InChI=1S/C19H21N5O2S/c1-11(10-26-2)21-19-23-15-7-6-12-9-20-18(24-16(12)17(15)27-19)22-13-4-3-5-14(25)8-13/h3-5,8-9,11,25H,6-7,10H2,1-2H3,(H,21,23)(H,20,22,24). The van der Waals surface area contributed by atoms with Crippen LogP contribution < -0.4 is 10.6 Å². The summed E-state index contributed by atoms with van der Waals surface area (Å²) in [5.41, 5.74) is 3.87. The van der Waals surface area contributed by atoms with Gasteiger partial charge in [-0.15, -0.1) is 0 Å². The van der Waals surface area contributed by atoms with Crippen molar-refractivity contribution in [3.63, 3.8) is 0 Å². The molecule has 0 fully saturated rings. The lowest BCUT2D eigenvalue weighted by Crippen LogP contribution is -2.20. The Kier molecular flexibility index (Phi) is 4.91. The van der Waals surface area contributed by atoms with Crippen molar-refractivity contribution in [3.05, 3.63) is 41.7 Å². The number of aromatic hydroxyl groups is 1. The summed E-state index contributed by atoms with van der Waals surface area (Å²) in [6.45, 7) is 2.69. The second kappa shape index (κ2) is 7.50. The van der Waals surface area contributed by atoms with Gasteiger partial charge in [-0.25, -0.2) is 15.0 Å². The van der Waals surface area contributed by atoms with E-state index in [4.69, 9.17) is 14.7 Å². The number of nitrogens with one attached hydrogen (secondary N) is 2. The van der Waals surface area contributed by atoms with Crippen molar-refractivity contribution in [1.29, 1.82) is 0 Å². The maximum atomic E-state index is 9.62. The normalized spacial score (nSPS) is 13.6. The van der Waals surface area contributed by atoms with Crippen LogP contribution >= 0.6 is 11.3 Å². The number of methoxy groups -OCH3 is 1. The zero-order valence-electron chi connectivity index (χ0n) is 15.2. The SMILES string of the molecule is COCC(C)Nc1nc2c(s1)-c1nc(Nc3cccc(O)c3)ncc1CC2. The summed E-state index contributed by atoms with van der Waals surface area (Å²) < 4.78 is 5.18. The number of ether oxygens (including phenoxy) is 1. The minimum atomic E-state index is 0.190. The van der Waals surface area contributed by atoms with Gasteiger partial charge in [-0.05, 0) is 37.5 Å². The Morgan fingerprint density at radius 2 is 2.19 bits per heavy atom. The molecule has 0 saturated carbocycles. The molecule has 1 aliphatic rings. The van der Waals surface area contributed by atoms with Crippen LogP contribution in [0.5, 0.6) is 5.75 Å². The number of benzene rings is 1. The van der Waals surface area contributed by atoms with Gasteiger partial charge in [0, 0.05) is 31.1 Å². The highest BCUT2D eigenvalue weighted by Gasteiger charge is 2.23. The Bertz CT molecular complexity index is 959. The molecule has 1 atom stereocenters. The summed E-state index contributed by atoms with van der Waals surface area (Å²) in [4.78, 5) is 15.0. The summed E-state index contributed by atoms with van der Waals surface area (Å²) >= 11 is 1.61. The number of nitrogens with zero attached hydrogens (tertiary/aromatic N) is 3. The molecule has 3 aromatic rings. The van der Waals surface area contributed by atoms with Crippen molar-refractivity contribution in [2.24, 2.45) is 0 Å². The molecule has 3 N–H and O–H groups in total. The van der Waals surface area contributed by atoms with Crippen LogP contribution in [-0.2, 0) is 17.6 Å². The van der Waals surface area contributed by atoms with Crippen molar-refractivity contribution in [3.8, 4) is 16.3 Å². The third-order valence-electron chi connectivity index (χ3n) is 4.30. The van der Waals surface area contributed by atoms with Crippen LogP contribution in [0.15, 0.2) is 30.5 Å². The number of thiazole rings is 1.